The first-order valence-electron chi connectivity index (χ1n) is 8.33. The molecule has 0 aliphatic carbocycles. The molecule has 1 unspecified atom stereocenters. The van der Waals surface area contributed by atoms with Gasteiger partial charge in [-0.1, -0.05) is 48.0 Å². The van der Waals surface area contributed by atoms with Crippen molar-refractivity contribution < 1.29 is 13.6 Å². The molecule has 1 atom stereocenters. The van der Waals surface area contributed by atoms with E-state index < -0.39 is 13.4 Å². The molecule has 2 aromatic rings. The van der Waals surface area contributed by atoms with Crippen LogP contribution in [-0.4, -0.2) is 38.0 Å². The Balaban J connectivity index is 2.41. The van der Waals surface area contributed by atoms with E-state index in [9.17, 15) is 4.57 Å². The van der Waals surface area contributed by atoms with Gasteiger partial charge in [0, 0.05) is 5.03 Å². The van der Waals surface area contributed by atoms with E-state index in [1.807, 2.05) is 50.5 Å². The van der Waals surface area contributed by atoms with E-state index >= 15 is 0 Å². The summed E-state index contributed by atoms with van der Waals surface area (Å²) in [6.45, 7) is 4.21. The third kappa shape index (κ3) is 4.93. The summed E-state index contributed by atoms with van der Waals surface area (Å²) in [5.74, 6) is -0.564. The van der Waals surface area contributed by atoms with Gasteiger partial charge in [0.1, 0.15) is 5.78 Å². The first-order chi connectivity index (χ1) is 11.9. The predicted octanol–water partition coefficient (Wildman–Crippen LogP) is 5.57. The smallest absolute Gasteiger partial charge is 0.308 e. The molecule has 6 heteroatoms. The van der Waals surface area contributed by atoms with Crippen LogP contribution >= 0.6 is 19.2 Å². The van der Waals surface area contributed by atoms with Gasteiger partial charge in [0.15, 0.2) is 0 Å². The highest BCUT2D eigenvalue weighted by molar-refractivity contribution is 7.54. The van der Waals surface area contributed by atoms with Crippen LogP contribution in [0, 0.1) is 0 Å². The fourth-order valence-corrected chi connectivity index (χ4v) is 4.96. The highest BCUT2D eigenvalue weighted by Crippen LogP contribution is 2.54. The van der Waals surface area contributed by atoms with Crippen LogP contribution in [0.15, 0.2) is 48.5 Å². The van der Waals surface area contributed by atoms with Gasteiger partial charge in [-0.15, -0.1) is 0 Å². The number of likely N-dealkylation sites (N-methyl/N-ethyl adjacent to an activating group) is 1. The van der Waals surface area contributed by atoms with Gasteiger partial charge >= 0.3 is 7.60 Å². The molecule has 0 spiro atoms. The van der Waals surface area contributed by atoms with Crippen molar-refractivity contribution in [1.82, 2.24) is 4.90 Å². The zero-order valence-electron chi connectivity index (χ0n) is 15.1. The van der Waals surface area contributed by atoms with E-state index in [-0.39, 0.29) is 0 Å². The summed E-state index contributed by atoms with van der Waals surface area (Å²) >= 11 is 6.55. The molecule has 4 nitrogen and oxygen atoms in total. The lowest BCUT2D eigenvalue weighted by Crippen LogP contribution is -2.28. The van der Waals surface area contributed by atoms with Crippen molar-refractivity contribution in [3.63, 3.8) is 0 Å². The normalized spacial score (nSPS) is 14.2. The van der Waals surface area contributed by atoms with Crippen LogP contribution in [0.4, 0.5) is 0 Å². The highest BCUT2D eigenvalue weighted by atomic mass is 35.5. The zero-order chi connectivity index (χ0) is 18.4. The van der Waals surface area contributed by atoms with Gasteiger partial charge in [-0.25, -0.2) is 0 Å². The number of hydrogen-bond donors (Lipinski definition) is 0. The standard InChI is InChI=1S/C19H25ClNO3P/c1-5-23-25(22,24-6-2)19(21(3)4)14-18(20)17-12-11-15-9-7-8-10-16(15)13-17/h7-14,19H,5-6H2,1-4H3/b18-14-. The van der Waals surface area contributed by atoms with Crippen molar-refractivity contribution in [2.75, 3.05) is 27.3 Å². The van der Waals surface area contributed by atoms with E-state index in [1.54, 1.807) is 24.8 Å². The molecule has 2 rings (SSSR count). The van der Waals surface area contributed by atoms with E-state index in [0.717, 1.165) is 16.3 Å². The Kier molecular flexibility index (Phi) is 7.24. The Bertz CT molecular complexity index is 781. The summed E-state index contributed by atoms with van der Waals surface area (Å²) in [5.41, 5.74) is 0.867. The van der Waals surface area contributed by atoms with E-state index in [4.69, 9.17) is 20.6 Å². The molecular weight excluding hydrogens is 357 g/mol. The van der Waals surface area contributed by atoms with Crippen molar-refractivity contribution in [2.24, 2.45) is 0 Å². The number of nitrogens with zero attached hydrogens (tertiary/aromatic N) is 1. The lowest BCUT2D eigenvalue weighted by atomic mass is 10.1. The second-order valence-corrected chi connectivity index (χ2v) is 8.36. The van der Waals surface area contributed by atoms with Crippen LogP contribution in [0.5, 0.6) is 0 Å². The topological polar surface area (TPSA) is 38.8 Å². The van der Waals surface area contributed by atoms with Crippen molar-refractivity contribution in [2.45, 2.75) is 19.6 Å². The molecule has 0 amide bonds. The predicted molar refractivity (Wildman–Crippen MR) is 106 cm³/mol. The Morgan fingerprint density at radius 2 is 1.72 bits per heavy atom. The molecular formula is C19H25ClNO3P. The summed E-state index contributed by atoms with van der Waals surface area (Å²) in [6.07, 6.45) is 1.75. The molecule has 136 valence electrons. The van der Waals surface area contributed by atoms with Crippen LogP contribution in [0.1, 0.15) is 19.4 Å². The summed E-state index contributed by atoms with van der Waals surface area (Å²) in [5, 5.41) is 2.77. The van der Waals surface area contributed by atoms with Crippen molar-refractivity contribution >= 4 is 35.0 Å². The number of hydrogen-bond acceptors (Lipinski definition) is 4. The summed E-state index contributed by atoms with van der Waals surface area (Å²) in [4.78, 5) is 1.80. The van der Waals surface area contributed by atoms with Gasteiger partial charge in [0.05, 0.1) is 13.2 Å². The first-order valence-corrected chi connectivity index (χ1v) is 10.3. The van der Waals surface area contributed by atoms with Crippen molar-refractivity contribution in [3.05, 3.63) is 54.1 Å². The summed E-state index contributed by atoms with van der Waals surface area (Å²) < 4.78 is 24.1. The van der Waals surface area contributed by atoms with Gasteiger partial charge < -0.3 is 9.05 Å². The average molecular weight is 382 g/mol. The Hall–Kier alpha value is -1.16. The van der Waals surface area contributed by atoms with Crippen LogP contribution in [0.25, 0.3) is 15.8 Å². The molecule has 0 heterocycles. The molecule has 0 N–H and O–H groups in total. The minimum absolute atomic E-state index is 0.309. The summed E-state index contributed by atoms with van der Waals surface area (Å²) in [7, 11) is 0.317. The van der Waals surface area contributed by atoms with Crippen molar-refractivity contribution in [1.29, 1.82) is 0 Å². The molecule has 25 heavy (non-hydrogen) atoms. The SMILES string of the molecule is CCOP(=O)(OCC)C(/C=C(\Cl)c1ccc2ccccc2c1)N(C)C. The van der Waals surface area contributed by atoms with Crippen molar-refractivity contribution in [3.8, 4) is 0 Å². The van der Waals surface area contributed by atoms with Gasteiger partial charge in [0.2, 0.25) is 0 Å². The Morgan fingerprint density at radius 3 is 2.28 bits per heavy atom. The maximum Gasteiger partial charge on any atom is 0.351 e. The summed E-state index contributed by atoms with van der Waals surface area (Å²) in [6, 6.07) is 14.1. The van der Waals surface area contributed by atoms with Gasteiger partial charge in [-0.2, -0.15) is 0 Å². The number of halogens is 1. The number of benzene rings is 2. The molecule has 0 aliphatic rings. The van der Waals surface area contributed by atoms with Gasteiger partial charge in [-0.05, 0) is 56.4 Å². The van der Waals surface area contributed by atoms with E-state index in [2.05, 4.69) is 6.07 Å². The number of rotatable bonds is 8. The third-order valence-electron chi connectivity index (χ3n) is 3.79. The van der Waals surface area contributed by atoms with Crippen LogP contribution in [0.2, 0.25) is 0 Å². The molecule has 0 aromatic heterocycles. The lowest BCUT2D eigenvalue weighted by Gasteiger charge is -2.29. The Morgan fingerprint density at radius 1 is 1.12 bits per heavy atom. The van der Waals surface area contributed by atoms with Gasteiger partial charge in [-0.3, -0.25) is 9.46 Å². The molecule has 0 fully saturated rings. The minimum Gasteiger partial charge on any atom is -0.308 e. The van der Waals surface area contributed by atoms with Crippen LogP contribution in [-0.2, 0) is 13.6 Å². The first kappa shape index (κ1) is 20.2. The quantitative estimate of drug-likeness (QED) is 0.560. The fourth-order valence-electron chi connectivity index (χ4n) is 2.64. The van der Waals surface area contributed by atoms with Crippen LogP contribution in [0.3, 0.4) is 0 Å². The zero-order valence-corrected chi connectivity index (χ0v) is 16.8. The molecule has 0 radical (unpaired) electrons. The van der Waals surface area contributed by atoms with Crippen LogP contribution < -0.4 is 0 Å². The molecule has 0 aliphatic heterocycles. The second-order valence-electron chi connectivity index (χ2n) is 5.83. The molecule has 2 aromatic carbocycles. The maximum absolute atomic E-state index is 13.1. The molecule has 0 bridgehead atoms. The molecule has 0 saturated heterocycles. The van der Waals surface area contributed by atoms with Gasteiger partial charge in [0.25, 0.3) is 0 Å². The van der Waals surface area contributed by atoms with E-state index in [0.29, 0.717) is 18.2 Å². The minimum atomic E-state index is -3.34. The fraction of sp³-hybridized carbons (Fsp3) is 0.368. The Labute approximate surface area is 154 Å². The number of fused-ring (bicyclic) bond motifs is 1. The third-order valence-corrected chi connectivity index (χ3v) is 6.63. The lowest BCUT2D eigenvalue weighted by molar-refractivity contribution is 0.196. The average Bonchev–Trinajstić information content (AvgIpc) is 2.59. The monoisotopic (exact) mass is 381 g/mol. The van der Waals surface area contributed by atoms with E-state index in [1.165, 1.54) is 0 Å². The second kappa shape index (κ2) is 8.98. The highest BCUT2D eigenvalue weighted by Gasteiger charge is 2.36. The largest absolute Gasteiger partial charge is 0.351 e. The molecule has 0 saturated carbocycles. The maximum atomic E-state index is 13.1.